The van der Waals surface area contributed by atoms with Gasteiger partial charge < -0.3 is 9.26 Å². The predicted octanol–water partition coefficient (Wildman–Crippen LogP) is 4.84. The van der Waals surface area contributed by atoms with Crippen molar-refractivity contribution in [3.8, 4) is 0 Å². The van der Waals surface area contributed by atoms with Gasteiger partial charge in [-0.05, 0) is 31.5 Å². The lowest BCUT2D eigenvalue weighted by Crippen LogP contribution is -2.36. The van der Waals surface area contributed by atoms with Gasteiger partial charge in [-0.15, -0.1) is 11.3 Å². The Morgan fingerprint density at radius 3 is 2.61 bits per heavy atom. The molecule has 0 amide bonds. The fourth-order valence-corrected chi connectivity index (χ4v) is 4.30. The smallest absolute Gasteiger partial charge is 0.317 e. The highest BCUT2D eigenvalue weighted by molar-refractivity contribution is 7.18. The highest BCUT2D eigenvalue weighted by Gasteiger charge is 2.38. The van der Waals surface area contributed by atoms with E-state index < -0.39 is 5.41 Å². The van der Waals surface area contributed by atoms with Gasteiger partial charge in [-0.3, -0.25) is 4.79 Å². The first kappa shape index (κ1) is 18.4. The van der Waals surface area contributed by atoms with E-state index in [4.69, 9.17) is 14.2 Å². The number of hydrogen-bond acceptors (Lipinski definition) is 6. The number of benzene rings is 2. The molecule has 0 bridgehead atoms. The Morgan fingerprint density at radius 1 is 1.14 bits per heavy atom. The van der Waals surface area contributed by atoms with Gasteiger partial charge in [-0.1, -0.05) is 47.6 Å². The Morgan fingerprint density at radius 2 is 1.89 bits per heavy atom. The molecule has 142 valence electrons. The lowest BCUT2D eigenvalue weighted by atomic mass is 9.79. The average molecular weight is 392 g/mol. The SMILES string of the molecule is Cc1cc(COC(=O)[C@@](C)(Cc2nc3ccccc3s2)c2ccccc2)no1. The molecule has 5 nitrogen and oxygen atoms in total. The number of rotatable bonds is 6. The van der Waals surface area contributed by atoms with Crippen molar-refractivity contribution in [3.05, 3.63) is 82.7 Å². The lowest BCUT2D eigenvalue weighted by Gasteiger charge is -2.27. The van der Waals surface area contributed by atoms with Gasteiger partial charge in [0.15, 0.2) is 0 Å². The van der Waals surface area contributed by atoms with E-state index in [1.54, 1.807) is 24.3 Å². The lowest BCUT2D eigenvalue weighted by molar-refractivity contribution is -0.151. The van der Waals surface area contributed by atoms with Gasteiger partial charge in [-0.2, -0.15) is 0 Å². The van der Waals surface area contributed by atoms with Crippen LogP contribution in [-0.2, 0) is 28.0 Å². The number of esters is 1. The van der Waals surface area contributed by atoms with Crippen LogP contribution in [0.15, 0.2) is 65.2 Å². The fourth-order valence-electron chi connectivity index (χ4n) is 3.18. The molecule has 2 aromatic heterocycles. The Labute approximate surface area is 167 Å². The third kappa shape index (κ3) is 3.68. The molecule has 28 heavy (non-hydrogen) atoms. The summed E-state index contributed by atoms with van der Waals surface area (Å²) in [5.41, 5.74) is 1.59. The highest BCUT2D eigenvalue weighted by atomic mass is 32.1. The molecule has 6 heteroatoms. The predicted molar refractivity (Wildman–Crippen MR) is 108 cm³/mol. The number of carbonyl (C=O) groups is 1. The second-order valence-corrected chi connectivity index (χ2v) is 8.07. The molecule has 0 aliphatic rings. The van der Waals surface area contributed by atoms with Crippen molar-refractivity contribution in [2.45, 2.75) is 32.3 Å². The normalized spacial score (nSPS) is 13.4. The van der Waals surface area contributed by atoms with Crippen LogP contribution < -0.4 is 0 Å². The molecule has 0 aliphatic carbocycles. The number of hydrogen-bond donors (Lipinski definition) is 0. The quantitative estimate of drug-likeness (QED) is 0.440. The van der Waals surface area contributed by atoms with Crippen LogP contribution in [0.4, 0.5) is 0 Å². The van der Waals surface area contributed by atoms with Gasteiger partial charge in [0.1, 0.15) is 18.1 Å². The summed E-state index contributed by atoms with van der Waals surface area (Å²) in [6, 6.07) is 19.5. The summed E-state index contributed by atoms with van der Waals surface area (Å²) in [4.78, 5) is 17.9. The van der Waals surface area contributed by atoms with Crippen molar-refractivity contribution >= 4 is 27.5 Å². The molecule has 0 unspecified atom stereocenters. The molecule has 0 spiro atoms. The zero-order valence-electron chi connectivity index (χ0n) is 15.7. The third-order valence-corrected chi connectivity index (χ3v) is 5.77. The summed E-state index contributed by atoms with van der Waals surface area (Å²) >= 11 is 1.61. The van der Waals surface area contributed by atoms with E-state index in [0.29, 0.717) is 17.9 Å². The van der Waals surface area contributed by atoms with E-state index in [2.05, 4.69) is 5.16 Å². The number of para-hydroxylation sites is 1. The van der Waals surface area contributed by atoms with Gasteiger partial charge in [0.2, 0.25) is 0 Å². The van der Waals surface area contributed by atoms with Crippen molar-refractivity contribution in [3.63, 3.8) is 0 Å². The van der Waals surface area contributed by atoms with E-state index in [0.717, 1.165) is 20.8 Å². The van der Waals surface area contributed by atoms with E-state index in [9.17, 15) is 4.79 Å². The van der Waals surface area contributed by atoms with Crippen LogP contribution >= 0.6 is 11.3 Å². The molecule has 2 aromatic carbocycles. The first-order valence-corrected chi connectivity index (χ1v) is 9.86. The first-order valence-electron chi connectivity index (χ1n) is 9.04. The molecule has 0 saturated carbocycles. The molecule has 0 radical (unpaired) electrons. The summed E-state index contributed by atoms with van der Waals surface area (Å²) in [5, 5.41) is 4.80. The Kier molecular flexibility index (Phi) is 4.96. The van der Waals surface area contributed by atoms with E-state index in [-0.39, 0.29) is 12.6 Å². The summed E-state index contributed by atoms with van der Waals surface area (Å²) < 4.78 is 11.8. The molecular formula is C22H20N2O3S. The average Bonchev–Trinajstić information content (AvgIpc) is 3.31. The molecule has 1 atom stereocenters. The largest absolute Gasteiger partial charge is 0.458 e. The number of thiazole rings is 1. The second-order valence-electron chi connectivity index (χ2n) is 6.96. The van der Waals surface area contributed by atoms with Gasteiger partial charge in [0.05, 0.1) is 20.6 Å². The van der Waals surface area contributed by atoms with Crippen LogP contribution in [0.1, 0.15) is 28.9 Å². The standard InChI is InChI=1S/C22H20N2O3S/c1-15-12-17(24-27-15)14-26-21(25)22(2,16-8-4-3-5-9-16)13-20-23-18-10-6-7-11-19(18)28-20/h3-12H,13-14H2,1-2H3/t22-/m0/s1. The van der Waals surface area contributed by atoms with Gasteiger partial charge in [0.25, 0.3) is 0 Å². The van der Waals surface area contributed by atoms with E-state index in [1.165, 1.54) is 0 Å². The van der Waals surface area contributed by atoms with Gasteiger partial charge in [-0.25, -0.2) is 4.98 Å². The fraction of sp³-hybridized carbons (Fsp3) is 0.227. The molecule has 0 fully saturated rings. The molecule has 0 N–H and O–H groups in total. The second kappa shape index (κ2) is 7.56. The topological polar surface area (TPSA) is 65.2 Å². The van der Waals surface area contributed by atoms with E-state index in [1.807, 2.05) is 61.5 Å². The number of nitrogens with zero attached hydrogens (tertiary/aromatic N) is 2. The maximum atomic E-state index is 13.2. The van der Waals surface area contributed by atoms with Gasteiger partial charge >= 0.3 is 5.97 Å². The molecule has 4 rings (SSSR count). The minimum atomic E-state index is -0.853. The van der Waals surface area contributed by atoms with Crippen molar-refractivity contribution in [2.75, 3.05) is 0 Å². The van der Waals surface area contributed by atoms with E-state index >= 15 is 0 Å². The van der Waals surface area contributed by atoms with Crippen molar-refractivity contribution in [1.82, 2.24) is 10.1 Å². The molecule has 2 heterocycles. The summed E-state index contributed by atoms with van der Waals surface area (Å²) in [7, 11) is 0. The van der Waals surface area contributed by atoms with Crippen molar-refractivity contribution in [1.29, 1.82) is 0 Å². The Balaban J connectivity index is 1.62. The number of fused-ring (bicyclic) bond motifs is 1. The number of aromatic nitrogens is 2. The number of aryl methyl sites for hydroxylation is 1. The highest BCUT2D eigenvalue weighted by Crippen LogP contribution is 2.33. The van der Waals surface area contributed by atoms with Crippen LogP contribution in [0.2, 0.25) is 0 Å². The van der Waals surface area contributed by atoms with Crippen LogP contribution in [0.3, 0.4) is 0 Å². The van der Waals surface area contributed by atoms with Crippen LogP contribution in [-0.4, -0.2) is 16.1 Å². The van der Waals surface area contributed by atoms with Crippen LogP contribution in [0.5, 0.6) is 0 Å². The summed E-state index contributed by atoms with van der Waals surface area (Å²) in [6.07, 6.45) is 0.465. The number of ether oxygens (including phenoxy) is 1. The minimum Gasteiger partial charge on any atom is -0.458 e. The van der Waals surface area contributed by atoms with Gasteiger partial charge in [0, 0.05) is 12.5 Å². The number of carbonyl (C=O) groups excluding carboxylic acids is 1. The van der Waals surface area contributed by atoms with Crippen molar-refractivity contribution < 1.29 is 14.1 Å². The molecule has 0 saturated heterocycles. The Hall–Kier alpha value is -2.99. The molecular weight excluding hydrogens is 372 g/mol. The summed E-state index contributed by atoms with van der Waals surface area (Å²) in [5.74, 6) is 0.380. The first-order chi connectivity index (χ1) is 13.5. The zero-order valence-corrected chi connectivity index (χ0v) is 16.5. The summed E-state index contributed by atoms with van der Waals surface area (Å²) in [6.45, 7) is 3.79. The van der Waals surface area contributed by atoms with Crippen LogP contribution in [0, 0.1) is 6.92 Å². The Bertz CT molecular complexity index is 1070. The van der Waals surface area contributed by atoms with Crippen molar-refractivity contribution in [2.24, 2.45) is 0 Å². The monoisotopic (exact) mass is 392 g/mol. The maximum absolute atomic E-state index is 13.2. The molecule has 4 aromatic rings. The zero-order chi connectivity index (χ0) is 19.6. The van der Waals surface area contributed by atoms with Crippen LogP contribution in [0.25, 0.3) is 10.2 Å². The minimum absolute atomic E-state index is 0.0818. The third-order valence-electron chi connectivity index (χ3n) is 4.73. The molecule has 0 aliphatic heterocycles. The maximum Gasteiger partial charge on any atom is 0.317 e.